The van der Waals surface area contributed by atoms with Gasteiger partial charge in [-0.3, -0.25) is 0 Å². The van der Waals surface area contributed by atoms with Crippen LogP contribution in [-0.2, 0) is 0 Å². The van der Waals surface area contributed by atoms with E-state index in [0.29, 0.717) is 0 Å². The maximum Gasteiger partial charge on any atom is 0.251 e. The largest absolute Gasteiger partial charge is 0.306 e. The molecule has 4 heteroatoms. The predicted molar refractivity (Wildman–Crippen MR) is 38.9 cm³/mol. The molecule has 0 saturated heterocycles. The van der Waals surface area contributed by atoms with Crippen LogP contribution in [0.3, 0.4) is 0 Å². The SMILES string of the molecule is CN(C)C1CC(F)(F)C1.Cl. The highest BCUT2D eigenvalue weighted by Crippen LogP contribution is 2.39. The molecular formula is C6H12ClF2N. The first kappa shape index (κ1) is 10.1. The lowest BCUT2D eigenvalue weighted by Crippen LogP contribution is -2.47. The summed E-state index contributed by atoms with van der Waals surface area (Å²) in [6.45, 7) is 0. The van der Waals surface area contributed by atoms with Gasteiger partial charge in [0.2, 0.25) is 0 Å². The topological polar surface area (TPSA) is 3.24 Å². The molecule has 0 N–H and O–H groups in total. The van der Waals surface area contributed by atoms with Crippen molar-refractivity contribution in [1.82, 2.24) is 4.90 Å². The quantitative estimate of drug-likeness (QED) is 0.581. The van der Waals surface area contributed by atoms with Crippen molar-refractivity contribution in [3.8, 4) is 0 Å². The van der Waals surface area contributed by atoms with Gasteiger partial charge in [0.15, 0.2) is 0 Å². The molecule has 0 aromatic carbocycles. The maximum absolute atomic E-state index is 12.1. The van der Waals surface area contributed by atoms with Crippen LogP contribution in [0.2, 0.25) is 0 Å². The van der Waals surface area contributed by atoms with Crippen LogP contribution in [0.1, 0.15) is 12.8 Å². The van der Waals surface area contributed by atoms with Crippen LogP contribution in [0.15, 0.2) is 0 Å². The van der Waals surface area contributed by atoms with Gasteiger partial charge in [-0.1, -0.05) is 0 Å². The van der Waals surface area contributed by atoms with E-state index in [1.54, 1.807) is 0 Å². The number of hydrogen-bond donors (Lipinski definition) is 0. The van der Waals surface area contributed by atoms with Crippen molar-refractivity contribution in [2.75, 3.05) is 14.1 Å². The summed E-state index contributed by atoms with van der Waals surface area (Å²) in [5, 5.41) is 0. The minimum Gasteiger partial charge on any atom is -0.306 e. The predicted octanol–water partition coefficient (Wildman–Crippen LogP) is 1.77. The summed E-state index contributed by atoms with van der Waals surface area (Å²) >= 11 is 0. The normalized spacial score (nSPS) is 23.7. The highest BCUT2D eigenvalue weighted by molar-refractivity contribution is 5.85. The summed E-state index contributed by atoms with van der Waals surface area (Å²) in [5.74, 6) is -2.37. The average Bonchev–Trinajstić information content (AvgIpc) is 1.59. The van der Waals surface area contributed by atoms with Crippen molar-refractivity contribution in [1.29, 1.82) is 0 Å². The van der Waals surface area contributed by atoms with Crippen molar-refractivity contribution >= 4 is 12.4 Å². The van der Waals surface area contributed by atoms with Gasteiger partial charge in [-0.15, -0.1) is 12.4 Å². The first-order chi connectivity index (χ1) is 4.01. The van der Waals surface area contributed by atoms with Crippen LogP contribution in [0.5, 0.6) is 0 Å². The van der Waals surface area contributed by atoms with Gasteiger partial charge in [0.25, 0.3) is 5.92 Å². The van der Waals surface area contributed by atoms with Gasteiger partial charge in [-0.25, -0.2) is 8.78 Å². The lowest BCUT2D eigenvalue weighted by atomic mass is 9.87. The van der Waals surface area contributed by atoms with Crippen molar-refractivity contribution in [2.24, 2.45) is 0 Å². The molecule has 1 rings (SSSR count). The van der Waals surface area contributed by atoms with Crippen molar-refractivity contribution in [3.05, 3.63) is 0 Å². The Kier molecular flexibility index (Phi) is 3.04. The van der Waals surface area contributed by atoms with Gasteiger partial charge in [0.05, 0.1) is 0 Å². The van der Waals surface area contributed by atoms with E-state index in [2.05, 4.69) is 0 Å². The Bertz CT molecular complexity index is 108. The van der Waals surface area contributed by atoms with E-state index in [1.165, 1.54) is 0 Å². The number of alkyl halides is 2. The summed E-state index contributed by atoms with van der Waals surface area (Å²) in [7, 11) is 3.67. The van der Waals surface area contributed by atoms with Crippen LogP contribution in [0.25, 0.3) is 0 Å². The van der Waals surface area contributed by atoms with Gasteiger partial charge in [-0.2, -0.15) is 0 Å². The molecule has 1 aliphatic carbocycles. The summed E-state index contributed by atoms with van der Waals surface area (Å²) in [6.07, 6.45) is 0.0833. The summed E-state index contributed by atoms with van der Waals surface area (Å²) < 4.78 is 24.2. The molecule has 1 nitrogen and oxygen atoms in total. The molecule has 1 fully saturated rings. The van der Waals surface area contributed by atoms with Gasteiger partial charge >= 0.3 is 0 Å². The molecule has 62 valence electrons. The van der Waals surface area contributed by atoms with Crippen LogP contribution in [0, 0.1) is 0 Å². The fourth-order valence-electron chi connectivity index (χ4n) is 0.995. The Morgan fingerprint density at radius 1 is 1.30 bits per heavy atom. The van der Waals surface area contributed by atoms with E-state index < -0.39 is 5.92 Å². The molecule has 1 aliphatic rings. The van der Waals surface area contributed by atoms with Crippen LogP contribution in [-0.4, -0.2) is 31.0 Å². The minimum absolute atomic E-state index is 0. The Morgan fingerprint density at radius 3 is 1.80 bits per heavy atom. The van der Waals surface area contributed by atoms with Crippen molar-refractivity contribution in [2.45, 2.75) is 24.8 Å². The molecule has 0 unspecified atom stereocenters. The molecule has 10 heavy (non-hydrogen) atoms. The Labute approximate surface area is 65.8 Å². The number of halogens is 3. The van der Waals surface area contributed by atoms with Gasteiger partial charge < -0.3 is 4.90 Å². The van der Waals surface area contributed by atoms with Crippen LogP contribution < -0.4 is 0 Å². The minimum atomic E-state index is -2.37. The second kappa shape index (κ2) is 3.01. The first-order valence-corrected chi connectivity index (χ1v) is 3.05. The van der Waals surface area contributed by atoms with E-state index in [9.17, 15) is 8.78 Å². The third kappa shape index (κ3) is 2.06. The zero-order valence-corrected chi connectivity index (χ0v) is 6.92. The summed E-state index contributed by atoms with van der Waals surface area (Å²) in [6, 6.07) is 0.111. The Hall–Kier alpha value is 0.110. The lowest BCUT2D eigenvalue weighted by Gasteiger charge is -2.39. The van der Waals surface area contributed by atoms with Crippen molar-refractivity contribution < 1.29 is 8.78 Å². The number of hydrogen-bond acceptors (Lipinski definition) is 1. The third-order valence-corrected chi connectivity index (χ3v) is 1.80. The number of rotatable bonds is 1. The third-order valence-electron chi connectivity index (χ3n) is 1.80. The number of nitrogens with zero attached hydrogens (tertiary/aromatic N) is 1. The maximum atomic E-state index is 12.1. The molecule has 0 spiro atoms. The zero-order chi connectivity index (χ0) is 7.07. The first-order valence-electron chi connectivity index (χ1n) is 3.05. The average molecular weight is 172 g/mol. The Balaban J connectivity index is 0.000000810. The summed E-state index contributed by atoms with van der Waals surface area (Å²) in [4.78, 5) is 1.84. The fourth-order valence-corrected chi connectivity index (χ4v) is 0.995. The summed E-state index contributed by atoms with van der Waals surface area (Å²) in [5.41, 5.74) is 0. The van der Waals surface area contributed by atoms with E-state index >= 15 is 0 Å². The van der Waals surface area contributed by atoms with E-state index in [4.69, 9.17) is 0 Å². The van der Waals surface area contributed by atoms with Gasteiger partial charge in [0.1, 0.15) is 0 Å². The smallest absolute Gasteiger partial charge is 0.251 e. The fraction of sp³-hybridized carbons (Fsp3) is 1.00. The van der Waals surface area contributed by atoms with Gasteiger partial charge in [0, 0.05) is 18.9 Å². The molecular weight excluding hydrogens is 160 g/mol. The molecule has 0 radical (unpaired) electrons. The second-order valence-corrected chi connectivity index (χ2v) is 2.88. The molecule has 0 amide bonds. The van der Waals surface area contributed by atoms with E-state index in [-0.39, 0.29) is 31.3 Å². The monoisotopic (exact) mass is 171 g/mol. The molecule has 0 aliphatic heterocycles. The molecule has 0 aromatic rings. The Morgan fingerprint density at radius 2 is 1.70 bits per heavy atom. The molecule has 0 bridgehead atoms. The van der Waals surface area contributed by atoms with E-state index in [0.717, 1.165) is 0 Å². The molecule has 0 aromatic heterocycles. The zero-order valence-electron chi connectivity index (χ0n) is 6.10. The molecule has 0 atom stereocenters. The van der Waals surface area contributed by atoms with Crippen LogP contribution in [0.4, 0.5) is 8.78 Å². The van der Waals surface area contributed by atoms with Crippen LogP contribution >= 0.6 is 12.4 Å². The van der Waals surface area contributed by atoms with Crippen molar-refractivity contribution in [3.63, 3.8) is 0 Å². The highest BCUT2D eigenvalue weighted by Gasteiger charge is 2.45. The van der Waals surface area contributed by atoms with E-state index in [1.807, 2.05) is 19.0 Å². The van der Waals surface area contributed by atoms with Gasteiger partial charge in [-0.05, 0) is 14.1 Å². The highest BCUT2D eigenvalue weighted by atomic mass is 35.5. The second-order valence-electron chi connectivity index (χ2n) is 2.88. The standard InChI is InChI=1S/C6H11F2N.ClH/c1-9(2)5-3-6(7,8)4-5;/h5H,3-4H2,1-2H3;1H. The lowest BCUT2D eigenvalue weighted by molar-refractivity contribution is -0.115. The molecule has 1 saturated carbocycles. The molecule has 0 heterocycles.